The predicted octanol–water partition coefficient (Wildman–Crippen LogP) is 3.06. The Morgan fingerprint density at radius 2 is 2.07 bits per heavy atom. The lowest BCUT2D eigenvalue weighted by atomic mass is 9.99. The van der Waals surface area contributed by atoms with Gasteiger partial charge in [0, 0.05) is 5.02 Å². The van der Waals surface area contributed by atoms with Crippen molar-refractivity contribution in [2.75, 3.05) is 6.54 Å². The van der Waals surface area contributed by atoms with Gasteiger partial charge in [0.1, 0.15) is 5.75 Å². The van der Waals surface area contributed by atoms with Crippen molar-refractivity contribution in [2.45, 2.75) is 32.6 Å². The van der Waals surface area contributed by atoms with E-state index in [0.29, 0.717) is 18.2 Å². The molecule has 1 rings (SSSR count). The number of halogens is 1. The number of aryl methyl sites for hydroxylation is 1. The second kappa shape index (κ2) is 5.38. The molecular formula is C12H18ClNO. The number of benzene rings is 1. The molecule has 0 saturated heterocycles. The van der Waals surface area contributed by atoms with Gasteiger partial charge in [-0.1, -0.05) is 25.4 Å². The fourth-order valence-electron chi connectivity index (χ4n) is 1.55. The van der Waals surface area contributed by atoms with Gasteiger partial charge in [-0.05, 0) is 48.6 Å². The molecular weight excluding hydrogens is 210 g/mol. The average Bonchev–Trinajstić information content (AvgIpc) is 2.18. The molecule has 0 aliphatic carbocycles. The Morgan fingerprint density at radius 1 is 1.40 bits per heavy atom. The van der Waals surface area contributed by atoms with Crippen LogP contribution in [-0.4, -0.2) is 11.7 Å². The van der Waals surface area contributed by atoms with E-state index in [0.717, 1.165) is 29.0 Å². The van der Waals surface area contributed by atoms with Crippen LogP contribution in [-0.2, 0) is 6.42 Å². The third-order valence-corrected chi connectivity index (χ3v) is 2.80. The minimum Gasteiger partial charge on any atom is -0.508 e. The highest BCUT2D eigenvalue weighted by atomic mass is 35.5. The summed E-state index contributed by atoms with van der Waals surface area (Å²) in [6, 6.07) is 3.61. The molecule has 0 unspecified atom stereocenters. The van der Waals surface area contributed by atoms with Crippen LogP contribution in [0.4, 0.5) is 0 Å². The van der Waals surface area contributed by atoms with Gasteiger partial charge in [0.25, 0.3) is 0 Å². The minimum atomic E-state index is 0.326. The fourth-order valence-corrected chi connectivity index (χ4v) is 1.96. The van der Waals surface area contributed by atoms with E-state index in [1.54, 1.807) is 6.07 Å². The third kappa shape index (κ3) is 3.11. The fraction of sp³-hybridized carbons (Fsp3) is 0.500. The molecule has 0 heterocycles. The molecule has 0 radical (unpaired) electrons. The van der Waals surface area contributed by atoms with E-state index in [4.69, 9.17) is 17.3 Å². The van der Waals surface area contributed by atoms with Crippen molar-refractivity contribution in [3.63, 3.8) is 0 Å². The molecule has 3 N–H and O–H groups in total. The molecule has 0 fully saturated rings. The summed E-state index contributed by atoms with van der Waals surface area (Å²) < 4.78 is 0. The Bertz CT molecular complexity index is 337. The predicted molar refractivity (Wildman–Crippen MR) is 64.6 cm³/mol. The molecule has 0 aromatic heterocycles. The molecule has 15 heavy (non-hydrogen) atoms. The summed E-state index contributed by atoms with van der Waals surface area (Å²) in [6.45, 7) is 4.74. The molecule has 0 aliphatic heterocycles. The van der Waals surface area contributed by atoms with Gasteiger partial charge >= 0.3 is 0 Å². The molecule has 0 bridgehead atoms. The summed E-state index contributed by atoms with van der Waals surface area (Å²) in [5.74, 6) is 0.656. The molecule has 0 atom stereocenters. The van der Waals surface area contributed by atoms with Crippen LogP contribution >= 0.6 is 11.6 Å². The van der Waals surface area contributed by atoms with E-state index in [2.05, 4.69) is 13.8 Å². The summed E-state index contributed by atoms with van der Waals surface area (Å²) in [4.78, 5) is 0. The summed E-state index contributed by atoms with van der Waals surface area (Å²) in [5.41, 5.74) is 7.30. The summed E-state index contributed by atoms with van der Waals surface area (Å²) in [7, 11) is 0. The topological polar surface area (TPSA) is 46.2 Å². The highest BCUT2D eigenvalue weighted by Crippen LogP contribution is 2.31. The van der Waals surface area contributed by atoms with Crippen molar-refractivity contribution >= 4 is 11.6 Å². The van der Waals surface area contributed by atoms with E-state index in [9.17, 15) is 5.11 Å². The first-order valence-corrected chi connectivity index (χ1v) is 5.65. The van der Waals surface area contributed by atoms with Gasteiger partial charge in [-0.3, -0.25) is 0 Å². The number of hydrogen-bond acceptors (Lipinski definition) is 2. The van der Waals surface area contributed by atoms with Crippen molar-refractivity contribution in [1.82, 2.24) is 0 Å². The number of nitrogens with two attached hydrogens (primary N) is 1. The molecule has 0 spiro atoms. The van der Waals surface area contributed by atoms with E-state index >= 15 is 0 Å². The first kappa shape index (κ1) is 12.3. The number of aromatic hydroxyl groups is 1. The molecule has 0 amide bonds. The second-order valence-corrected chi connectivity index (χ2v) is 4.46. The number of rotatable bonds is 4. The average molecular weight is 228 g/mol. The van der Waals surface area contributed by atoms with E-state index in [1.807, 2.05) is 6.07 Å². The van der Waals surface area contributed by atoms with Gasteiger partial charge < -0.3 is 10.8 Å². The number of phenols is 1. The van der Waals surface area contributed by atoms with E-state index < -0.39 is 0 Å². The zero-order chi connectivity index (χ0) is 11.4. The maximum atomic E-state index is 9.79. The summed E-state index contributed by atoms with van der Waals surface area (Å²) in [5, 5.41) is 10.5. The van der Waals surface area contributed by atoms with Gasteiger partial charge in [0.15, 0.2) is 0 Å². The smallest absolute Gasteiger partial charge is 0.119 e. The molecule has 0 aliphatic rings. The summed E-state index contributed by atoms with van der Waals surface area (Å²) in [6.07, 6.45) is 1.64. The van der Waals surface area contributed by atoms with Crippen LogP contribution in [0.2, 0.25) is 5.02 Å². The van der Waals surface area contributed by atoms with Crippen LogP contribution < -0.4 is 5.73 Å². The van der Waals surface area contributed by atoms with Crippen molar-refractivity contribution in [3.05, 3.63) is 28.3 Å². The van der Waals surface area contributed by atoms with Crippen LogP contribution in [0.3, 0.4) is 0 Å². The Morgan fingerprint density at radius 3 is 2.60 bits per heavy atom. The van der Waals surface area contributed by atoms with E-state index in [-0.39, 0.29) is 0 Å². The zero-order valence-corrected chi connectivity index (χ0v) is 10.0. The Labute approximate surface area is 96.1 Å². The monoisotopic (exact) mass is 227 g/mol. The lowest BCUT2D eigenvalue weighted by Crippen LogP contribution is -2.01. The highest BCUT2D eigenvalue weighted by molar-refractivity contribution is 6.31. The molecule has 2 nitrogen and oxygen atoms in total. The quantitative estimate of drug-likeness (QED) is 0.831. The first-order valence-electron chi connectivity index (χ1n) is 5.27. The van der Waals surface area contributed by atoms with Gasteiger partial charge in [-0.2, -0.15) is 0 Å². The lowest BCUT2D eigenvalue weighted by molar-refractivity contribution is 0.466. The van der Waals surface area contributed by atoms with Crippen molar-refractivity contribution in [3.8, 4) is 5.75 Å². The summed E-state index contributed by atoms with van der Waals surface area (Å²) >= 11 is 6.13. The largest absolute Gasteiger partial charge is 0.508 e. The van der Waals surface area contributed by atoms with Crippen molar-refractivity contribution in [2.24, 2.45) is 5.73 Å². The van der Waals surface area contributed by atoms with E-state index in [1.165, 1.54) is 0 Å². The van der Waals surface area contributed by atoms with Crippen LogP contribution in [0.15, 0.2) is 12.1 Å². The van der Waals surface area contributed by atoms with Gasteiger partial charge in [0.2, 0.25) is 0 Å². The Hall–Kier alpha value is -0.730. The normalized spacial score (nSPS) is 11.0. The van der Waals surface area contributed by atoms with Crippen molar-refractivity contribution in [1.29, 1.82) is 0 Å². The zero-order valence-electron chi connectivity index (χ0n) is 9.26. The first-order chi connectivity index (χ1) is 7.06. The Kier molecular flexibility index (Phi) is 4.43. The standard InChI is InChI=1S/C12H18ClNO/c1-8(2)10-7-12(15)9(4-3-5-14)6-11(10)13/h6-8,15H,3-5,14H2,1-2H3. The van der Waals surface area contributed by atoms with Crippen LogP contribution in [0.5, 0.6) is 5.75 Å². The van der Waals surface area contributed by atoms with Gasteiger partial charge in [0.05, 0.1) is 0 Å². The molecule has 1 aromatic carbocycles. The van der Waals surface area contributed by atoms with Gasteiger partial charge in [-0.15, -0.1) is 0 Å². The van der Waals surface area contributed by atoms with Crippen LogP contribution in [0.25, 0.3) is 0 Å². The molecule has 0 saturated carbocycles. The lowest BCUT2D eigenvalue weighted by Gasteiger charge is -2.12. The Balaban J connectivity index is 2.97. The van der Waals surface area contributed by atoms with Crippen LogP contribution in [0.1, 0.15) is 37.3 Å². The van der Waals surface area contributed by atoms with Gasteiger partial charge in [-0.25, -0.2) is 0 Å². The molecule has 3 heteroatoms. The SMILES string of the molecule is CC(C)c1cc(O)c(CCCN)cc1Cl. The molecule has 84 valence electrons. The molecule has 1 aromatic rings. The van der Waals surface area contributed by atoms with Crippen LogP contribution in [0, 0.1) is 0 Å². The third-order valence-electron chi connectivity index (χ3n) is 2.47. The highest BCUT2D eigenvalue weighted by Gasteiger charge is 2.10. The minimum absolute atomic E-state index is 0.326. The van der Waals surface area contributed by atoms with Crippen molar-refractivity contribution < 1.29 is 5.11 Å². The maximum absolute atomic E-state index is 9.79. The maximum Gasteiger partial charge on any atom is 0.119 e. The number of hydrogen-bond donors (Lipinski definition) is 2. The number of phenolic OH excluding ortho intramolecular Hbond substituents is 1. The second-order valence-electron chi connectivity index (χ2n) is 4.05.